The molecule has 1 aromatic rings. The molecule has 0 heterocycles. The smallest absolute Gasteiger partial charge is 0.434 e. The van der Waals surface area contributed by atoms with Crippen molar-refractivity contribution in [2.24, 2.45) is 28.6 Å². The number of Topliss-reactive ketones (excluding diaryl/α,β-unsaturated/α-hetero) is 2. The van der Waals surface area contributed by atoms with E-state index < -0.39 is 45.1 Å². The fraction of sp³-hybridized carbons (Fsp3) is 0.636. The van der Waals surface area contributed by atoms with Gasteiger partial charge in [0.2, 0.25) is 5.78 Å². The molecule has 0 spiro atoms. The molecule has 3 fully saturated rings. The number of hydrogen-bond donors (Lipinski definition) is 0. The molecule has 0 radical (unpaired) electrons. The molecular formula is C33H42O9S. The van der Waals surface area contributed by atoms with E-state index in [-0.39, 0.29) is 53.7 Å². The topological polar surface area (TPSA) is 130 Å². The zero-order valence-corrected chi connectivity index (χ0v) is 26.3. The van der Waals surface area contributed by atoms with E-state index in [0.29, 0.717) is 38.5 Å². The van der Waals surface area contributed by atoms with E-state index in [4.69, 9.17) is 13.7 Å². The lowest BCUT2D eigenvalue weighted by molar-refractivity contribution is -0.174. The maximum absolute atomic E-state index is 14.1. The van der Waals surface area contributed by atoms with Gasteiger partial charge in [0, 0.05) is 24.2 Å². The first-order chi connectivity index (χ1) is 20.3. The van der Waals surface area contributed by atoms with Gasteiger partial charge in [0.05, 0.1) is 11.5 Å². The van der Waals surface area contributed by atoms with Crippen LogP contribution in [0.2, 0.25) is 0 Å². The van der Waals surface area contributed by atoms with Gasteiger partial charge >= 0.3 is 6.16 Å². The minimum Gasteiger partial charge on any atom is -0.434 e. The summed E-state index contributed by atoms with van der Waals surface area (Å²) in [5, 5.41) is 0. The fourth-order valence-corrected chi connectivity index (χ4v) is 9.41. The molecule has 3 saturated carbocycles. The SMILES string of the molecule is CCCCOC(=O)O[C@]1(C(=O)COS(=O)(=O)c2ccc(C)cc2)CC[C@H]2[C@@H]3CCC4=CC(=O)CC[C@]4(C)[C@H]3C(=O)C[C@@]21C. The van der Waals surface area contributed by atoms with E-state index in [2.05, 4.69) is 6.92 Å². The third kappa shape index (κ3) is 5.39. The number of carbonyl (C=O) groups excluding carboxylic acids is 4. The number of benzene rings is 1. The Balaban J connectivity index is 1.46. The molecule has 10 heteroatoms. The second-order valence-electron chi connectivity index (χ2n) is 13.3. The Kier molecular flexibility index (Phi) is 8.50. The number of hydrogen-bond acceptors (Lipinski definition) is 9. The normalized spacial score (nSPS) is 33.6. The molecule has 0 bridgehead atoms. The number of rotatable bonds is 9. The van der Waals surface area contributed by atoms with E-state index in [1.165, 1.54) is 12.1 Å². The molecule has 1 aromatic carbocycles. The fourth-order valence-electron chi connectivity index (χ4n) is 8.55. The average molecular weight is 615 g/mol. The summed E-state index contributed by atoms with van der Waals surface area (Å²) in [6.07, 6.45) is 5.19. The highest BCUT2D eigenvalue weighted by atomic mass is 32.2. The standard InChI is InChI=1S/C33H42O9S/c1-5-6-17-40-30(37)42-33(28(36)20-41-43(38,39)24-10-7-21(2)8-11-24)16-14-26-25-12-9-22-18-23(34)13-15-31(22,3)29(25)27(35)19-32(26,33)4/h7-8,10-11,18,25-26,29H,5-6,9,12-17,19-20H2,1-4H3/t25-,26-,29+,31-,32-,33-/m0/s1. The molecular weight excluding hydrogens is 572 g/mol. The summed E-state index contributed by atoms with van der Waals surface area (Å²) >= 11 is 0. The summed E-state index contributed by atoms with van der Waals surface area (Å²) in [6, 6.07) is 6.08. The molecule has 9 nitrogen and oxygen atoms in total. The first-order valence-electron chi connectivity index (χ1n) is 15.4. The Bertz CT molecular complexity index is 1440. The maximum Gasteiger partial charge on any atom is 0.509 e. The van der Waals surface area contributed by atoms with Gasteiger partial charge in [-0.15, -0.1) is 0 Å². The lowest BCUT2D eigenvalue weighted by Crippen LogP contribution is -2.62. The number of ether oxygens (including phenoxy) is 2. The highest BCUT2D eigenvalue weighted by molar-refractivity contribution is 7.86. The molecule has 6 atom stereocenters. The number of aryl methyl sites for hydroxylation is 1. The van der Waals surface area contributed by atoms with Crippen molar-refractivity contribution in [3.8, 4) is 0 Å². The zero-order valence-electron chi connectivity index (χ0n) is 25.5. The van der Waals surface area contributed by atoms with E-state index in [1.54, 1.807) is 18.2 Å². The number of ketones is 3. The highest BCUT2D eigenvalue weighted by Gasteiger charge is 2.71. The van der Waals surface area contributed by atoms with Crippen LogP contribution >= 0.6 is 0 Å². The van der Waals surface area contributed by atoms with Crippen molar-refractivity contribution >= 4 is 33.6 Å². The molecule has 0 amide bonds. The summed E-state index contributed by atoms with van der Waals surface area (Å²) in [4.78, 5) is 53.4. The third-order valence-electron chi connectivity index (χ3n) is 10.9. The molecule has 234 valence electrons. The van der Waals surface area contributed by atoms with Crippen LogP contribution in [0.3, 0.4) is 0 Å². The van der Waals surface area contributed by atoms with Gasteiger partial charge in [0.1, 0.15) is 12.4 Å². The monoisotopic (exact) mass is 614 g/mol. The average Bonchev–Trinajstić information content (AvgIpc) is 3.24. The predicted molar refractivity (Wildman–Crippen MR) is 156 cm³/mol. The Morgan fingerprint density at radius 2 is 1.74 bits per heavy atom. The number of allylic oxidation sites excluding steroid dienone is 1. The summed E-state index contributed by atoms with van der Waals surface area (Å²) < 4.78 is 42.4. The van der Waals surface area contributed by atoms with Crippen LogP contribution in [-0.4, -0.2) is 50.7 Å². The predicted octanol–water partition coefficient (Wildman–Crippen LogP) is 5.67. The van der Waals surface area contributed by atoms with Gasteiger partial charge < -0.3 is 9.47 Å². The molecule has 43 heavy (non-hydrogen) atoms. The second kappa shape index (κ2) is 11.6. The van der Waals surface area contributed by atoms with E-state index >= 15 is 0 Å². The second-order valence-corrected chi connectivity index (χ2v) is 14.9. The van der Waals surface area contributed by atoms with Gasteiger partial charge in [-0.3, -0.25) is 18.6 Å². The summed E-state index contributed by atoms with van der Waals surface area (Å²) in [6.45, 7) is 6.96. The van der Waals surface area contributed by atoms with E-state index in [0.717, 1.165) is 17.6 Å². The van der Waals surface area contributed by atoms with Crippen molar-refractivity contribution in [2.75, 3.05) is 13.2 Å². The summed E-state index contributed by atoms with van der Waals surface area (Å²) in [5.41, 5.74) is -1.38. The number of fused-ring (bicyclic) bond motifs is 5. The van der Waals surface area contributed by atoms with Crippen LogP contribution in [0.1, 0.15) is 84.1 Å². The minimum absolute atomic E-state index is 0.00561. The minimum atomic E-state index is -4.27. The number of unbranched alkanes of at least 4 members (excludes halogenated alkanes) is 1. The first kappa shape index (κ1) is 31.6. The van der Waals surface area contributed by atoms with Crippen LogP contribution in [0.25, 0.3) is 0 Å². The molecule has 0 aliphatic heterocycles. The van der Waals surface area contributed by atoms with Gasteiger partial charge in [0.15, 0.2) is 11.4 Å². The largest absolute Gasteiger partial charge is 0.509 e. The molecule has 5 rings (SSSR count). The van der Waals surface area contributed by atoms with Crippen LogP contribution in [0.15, 0.2) is 40.8 Å². The maximum atomic E-state index is 14.1. The van der Waals surface area contributed by atoms with Crippen LogP contribution in [-0.2, 0) is 38.2 Å². The van der Waals surface area contributed by atoms with Crippen molar-refractivity contribution in [1.82, 2.24) is 0 Å². The third-order valence-corrected chi connectivity index (χ3v) is 12.1. The van der Waals surface area contributed by atoms with Crippen LogP contribution < -0.4 is 0 Å². The molecule has 0 unspecified atom stereocenters. The van der Waals surface area contributed by atoms with Crippen molar-refractivity contribution in [3.63, 3.8) is 0 Å². The summed E-state index contributed by atoms with van der Waals surface area (Å²) in [7, 11) is -4.27. The molecule has 4 aliphatic carbocycles. The number of carbonyl (C=O) groups is 4. The van der Waals surface area contributed by atoms with Crippen molar-refractivity contribution in [3.05, 3.63) is 41.5 Å². The first-order valence-corrected chi connectivity index (χ1v) is 16.8. The van der Waals surface area contributed by atoms with E-state index in [1.807, 2.05) is 20.8 Å². The molecule has 0 N–H and O–H groups in total. The van der Waals surface area contributed by atoms with Gasteiger partial charge in [-0.25, -0.2) is 4.79 Å². The van der Waals surface area contributed by atoms with Crippen molar-refractivity contribution in [1.29, 1.82) is 0 Å². The Morgan fingerprint density at radius 3 is 2.44 bits per heavy atom. The van der Waals surface area contributed by atoms with Crippen LogP contribution in [0.5, 0.6) is 0 Å². The van der Waals surface area contributed by atoms with Crippen LogP contribution in [0, 0.1) is 35.5 Å². The van der Waals surface area contributed by atoms with Gasteiger partial charge in [-0.05, 0) is 80.9 Å². The van der Waals surface area contributed by atoms with Gasteiger partial charge in [-0.2, -0.15) is 8.42 Å². The highest BCUT2D eigenvalue weighted by Crippen LogP contribution is 2.67. The van der Waals surface area contributed by atoms with Crippen LogP contribution in [0.4, 0.5) is 4.79 Å². The van der Waals surface area contributed by atoms with Crippen molar-refractivity contribution in [2.45, 2.75) is 96.0 Å². The molecule has 4 aliphatic rings. The van der Waals surface area contributed by atoms with Crippen molar-refractivity contribution < 1.29 is 41.3 Å². The van der Waals surface area contributed by atoms with Gasteiger partial charge in [0.25, 0.3) is 10.1 Å². The Hall–Kier alpha value is -2.85. The Morgan fingerprint density at radius 1 is 1.02 bits per heavy atom. The molecule has 0 saturated heterocycles. The Labute approximate surface area is 253 Å². The quantitative estimate of drug-likeness (QED) is 0.196. The zero-order chi connectivity index (χ0) is 31.2. The lowest BCUT2D eigenvalue weighted by Gasteiger charge is -2.58. The summed E-state index contributed by atoms with van der Waals surface area (Å²) in [5.74, 6) is -1.10. The molecule has 0 aromatic heterocycles. The van der Waals surface area contributed by atoms with Gasteiger partial charge in [-0.1, -0.05) is 50.5 Å². The van der Waals surface area contributed by atoms with E-state index in [9.17, 15) is 27.6 Å². The lowest BCUT2D eigenvalue weighted by atomic mass is 9.46.